The first-order valence-electron chi connectivity index (χ1n) is 6.68. The van der Waals surface area contributed by atoms with Crippen molar-refractivity contribution in [3.05, 3.63) is 0 Å². The van der Waals surface area contributed by atoms with Crippen LogP contribution >= 0.6 is 11.6 Å². The molecule has 1 atom stereocenters. The number of piperidine rings is 1. The maximum atomic E-state index is 10.8. The fourth-order valence-electron chi connectivity index (χ4n) is 2.43. The zero-order chi connectivity index (χ0) is 12.7. The second-order valence-corrected chi connectivity index (χ2v) is 5.70. The molecule has 0 saturated carbocycles. The third kappa shape index (κ3) is 6.27. The van der Waals surface area contributed by atoms with Crippen molar-refractivity contribution in [2.75, 3.05) is 25.5 Å². The van der Waals surface area contributed by atoms with Crippen LogP contribution in [0.5, 0.6) is 0 Å². The maximum absolute atomic E-state index is 10.8. The number of hydrogen-bond acceptors (Lipinski definition) is 2. The van der Waals surface area contributed by atoms with E-state index in [1.54, 1.807) is 0 Å². The Morgan fingerprint density at radius 3 is 2.59 bits per heavy atom. The van der Waals surface area contributed by atoms with Crippen molar-refractivity contribution in [3.8, 4) is 0 Å². The lowest BCUT2D eigenvalue weighted by Gasteiger charge is -2.32. The molecule has 1 amide bonds. The van der Waals surface area contributed by atoms with E-state index < -0.39 is 0 Å². The topological polar surface area (TPSA) is 46.3 Å². The summed E-state index contributed by atoms with van der Waals surface area (Å²) in [5, 5.41) is 0. The van der Waals surface area contributed by atoms with E-state index in [0.717, 1.165) is 44.1 Å². The van der Waals surface area contributed by atoms with Crippen molar-refractivity contribution >= 4 is 17.5 Å². The van der Waals surface area contributed by atoms with Crippen LogP contribution < -0.4 is 5.73 Å². The lowest BCUT2D eigenvalue weighted by Crippen LogP contribution is -2.36. The van der Waals surface area contributed by atoms with Gasteiger partial charge in [-0.2, -0.15) is 0 Å². The molecule has 1 rings (SSSR count). The lowest BCUT2D eigenvalue weighted by molar-refractivity contribution is -0.119. The van der Waals surface area contributed by atoms with Gasteiger partial charge in [0.2, 0.25) is 5.91 Å². The minimum atomic E-state index is -0.154. The minimum absolute atomic E-state index is 0.154. The molecule has 4 heteroatoms. The highest BCUT2D eigenvalue weighted by Crippen LogP contribution is 2.21. The Morgan fingerprint density at radius 1 is 1.41 bits per heavy atom. The Hall–Kier alpha value is -0.280. The number of carbonyl (C=O) groups excluding carboxylic acids is 1. The Bertz CT molecular complexity index is 227. The molecule has 0 bridgehead atoms. The van der Waals surface area contributed by atoms with E-state index in [-0.39, 0.29) is 5.91 Å². The van der Waals surface area contributed by atoms with E-state index in [0.29, 0.717) is 12.3 Å². The standard InChI is InChI=1S/C13H25ClN2O/c1-11(2-6-14)3-7-16-8-4-12(5-9-16)10-13(15)17/h11-12H,2-10H2,1H3,(H2,15,17). The summed E-state index contributed by atoms with van der Waals surface area (Å²) in [5.41, 5.74) is 5.22. The van der Waals surface area contributed by atoms with E-state index in [4.69, 9.17) is 17.3 Å². The average Bonchev–Trinajstić information content (AvgIpc) is 2.28. The summed E-state index contributed by atoms with van der Waals surface area (Å²) in [7, 11) is 0. The number of nitrogens with two attached hydrogens (primary N) is 1. The van der Waals surface area contributed by atoms with E-state index in [1.807, 2.05) is 0 Å². The van der Waals surface area contributed by atoms with Gasteiger partial charge in [0.1, 0.15) is 0 Å². The second-order valence-electron chi connectivity index (χ2n) is 5.33. The van der Waals surface area contributed by atoms with Crippen LogP contribution in [0.4, 0.5) is 0 Å². The summed E-state index contributed by atoms with van der Waals surface area (Å²) in [6, 6.07) is 0. The molecule has 0 aromatic rings. The van der Waals surface area contributed by atoms with E-state index in [2.05, 4.69) is 11.8 Å². The summed E-state index contributed by atoms with van der Waals surface area (Å²) in [4.78, 5) is 13.3. The summed E-state index contributed by atoms with van der Waals surface area (Å²) in [6.45, 7) is 5.67. The number of amides is 1. The smallest absolute Gasteiger partial charge is 0.217 e. The molecule has 100 valence electrons. The predicted octanol–water partition coefficient (Wildman–Crippen LogP) is 2.23. The summed E-state index contributed by atoms with van der Waals surface area (Å²) in [5.74, 6) is 1.85. The zero-order valence-corrected chi connectivity index (χ0v) is 11.6. The first-order valence-corrected chi connectivity index (χ1v) is 7.22. The molecule has 3 nitrogen and oxygen atoms in total. The van der Waals surface area contributed by atoms with Crippen molar-refractivity contribution in [3.63, 3.8) is 0 Å². The Morgan fingerprint density at radius 2 is 2.06 bits per heavy atom. The van der Waals surface area contributed by atoms with Crippen molar-refractivity contribution in [2.24, 2.45) is 17.6 Å². The highest BCUT2D eigenvalue weighted by Gasteiger charge is 2.20. The van der Waals surface area contributed by atoms with Crippen molar-refractivity contribution < 1.29 is 4.79 Å². The van der Waals surface area contributed by atoms with Gasteiger partial charge in [-0.1, -0.05) is 6.92 Å². The summed E-state index contributed by atoms with van der Waals surface area (Å²) in [6.07, 6.45) is 5.14. The summed E-state index contributed by atoms with van der Waals surface area (Å²) < 4.78 is 0. The number of alkyl halides is 1. The zero-order valence-electron chi connectivity index (χ0n) is 10.8. The molecule has 0 aromatic heterocycles. The SMILES string of the molecule is CC(CCCl)CCN1CCC(CC(N)=O)CC1. The van der Waals surface area contributed by atoms with E-state index in [9.17, 15) is 4.79 Å². The third-order valence-corrected chi connectivity index (χ3v) is 3.96. The van der Waals surface area contributed by atoms with Gasteiger partial charge in [0.05, 0.1) is 0 Å². The van der Waals surface area contributed by atoms with Crippen LogP contribution in [0.25, 0.3) is 0 Å². The molecule has 1 aliphatic rings. The highest BCUT2D eigenvalue weighted by molar-refractivity contribution is 6.17. The molecular weight excluding hydrogens is 236 g/mol. The number of carbonyl (C=O) groups is 1. The molecule has 17 heavy (non-hydrogen) atoms. The summed E-state index contributed by atoms with van der Waals surface area (Å²) >= 11 is 5.73. The van der Waals surface area contributed by atoms with Gasteiger partial charge in [-0.15, -0.1) is 11.6 Å². The van der Waals surface area contributed by atoms with Crippen LogP contribution in [0.1, 0.15) is 39.0 Å². The fraction of sp³-hybridized carbons (Fsp3) is 0.923. The number of nitrogens with zero attached hydrogens (tertiary/aromatic N) is 1. The van der Waals surface area contributed by atoms with Crippen LogP contribution in [-0.4, -0.2) is 36.3 Å². The first-order chi connectivity index (χ1) is 8.11. The van der Waals surface area contributed by atoms with Gasteiger partial charge >= 0.3 is 0 Å². The number of rotatable bonds is 7. The van der Waals surface area contributed by atoms with Gasteiger partial charge < -0.3 is 10.6 Å². The number of halogens is 1. The van der Waals surface area contributed by atoms with E-state index >= 15 is 0 Å². The lowest BCUT2D eigenvalue weighted by atomic mass is 9.93. The van der Waals surface area contributed by atoms with Crippen LogP contribution in [0.3, 0.4) is 0 Å². The van der Waals surface area contributed by atoms with Crippen molar-refractivity contribution in [2.45, 2.75) is 39.0 Å². The monoisotopic (exact) mass is 260 g/mol. The molecule has 2 N–H and O–H groups in total. The normalized spacial score (nSPS) is 20.4. The average molecular weight is 261 g/mol. The Labute approximate surface area is 110 Å². The number of primary amides is 1. The highest BCUT2D eigenvalue weighted by atomic mass is 35.5. The van der Waals surface area contributed by atoms with Gasteiger partial charge in [-0.05, 0) is 57.2 Å². The molecule has 0 radical (unpaired) electrons. The molecule has 1 unspecified atom stereocenters. The molecule has 1 saturated heterocycles. The van der Waals surface area contributed by atoms with Gasteiger partial charge in [-0.25, -0.2) is 0 Å². The molecule has 1 aliphatic heterocycles. The van der Waals surface area contributed by atoms with Crippen molar-refractivity contribution in [1.82, 2.24) is 4.90 Å². The van der Waals surface area contributed by atoms with Gasteiger partial charge in [-0.3, -0.25) is 4.79 Å². The molecule has 1 fully saturated rings. The largest absolute Gasteiger partial charge is 0.370 e. The first kappa shape index (κ1) is 14.8. The Balaban J connectivity index is 2.12. The maximum Gasteiger partial charge on any atom is 0.217 e. The third-order valence-electron chi connectivity index (χ3n) is 3.74. The van der Waals surface area contributed by atoms with Crippen LogP contribution in [0.2, 0.25) is 0 Å². The molecule has 1 heterocycles. The van der Waals surface area contributed by atoms with Crippen molar-refractivity contribution in [1.29, 1.82) is 0 Å². The molecular formula is C13H25ClN2O. The molecule has 0 aromatic carbocycles. The quantitative estimate of drug-likeness (QED) is 0.714. The minimum Gasteiger partial charge on any atom is -0.370 e. The van der Waals surface area contributed by atoms with Gasteiger partial charge in [0.25, 0.3) is 0 Å². The Kier molecular flexibility index (Phi) is 6.90. The molecule has 0 spiro atoms. The van der Waals surface area contributed by atoms with Crippen LogP contribution in [0, 0.1) is 11.8 Å². The number of hydrogen-bond donors (Lipinski definition) is 1. The van der Waals surface area contributed by atoms with Gasteiger partial charge in [0.15, 0.2) is 0 Å². The van der Waals surface area contributed by atoms with Gasteiger partial charge in [0, 0.05) is 12.3 Å². The second kappa shape index (κ2) is 7.93. The van der Waals surface area contributed by atoms with Crippen LogP contribution in [-0.2, 0) is 4.79 Å². The fourth-order valence-corrected chi connectivity index (χ4v) is 2.80. The van der Waals surface area contributed by atoms with Crippen LogP contribution in [0.15, 0.2) is 0 Å². The number of likely N-dealkylation sites (tertiary alicyclic amines) is 1. The van der Waals surface area contributed by atoms with E-state index in [1.165, 1.54) is 13.0 Å². The molecule has 0 aliphatic carbocycles. The predicted molar refractivity (Wildman–Crippen MR) is 72.1 cm³/mol.